The third kappa shape index (κ3) is 4.11. The van der Waals surface area contributed by atoms with Gasteiger partial charge in [-0.3, -0.25) is 0 Å². The molecule has 2 aromatic heterocycles. The Kier molecular flexibility index (Phi) is 5.73. The van der Waals surface area contributed by atoms with E-state index in [1.807, 2.05) is 51.0 Å². The fraction of sp³-hybridized carbons (Fsp3) is 0.280. The van der Waals surface area contributed by atoms with E-state index < -0.39 is 11.6 Å². The van der Waals surface area contributed by atoms with Crippen molar-refractivity contribution in [2.45, 2.75) is 19.9 Å². The molecule has 0 aliphatic carbocycles. The summed E-state index contributed by atoms with van der Waals surface area (Å²) < 4.78 is 36.4. The van der Waals surface area contributed by atoms with E-state index >= 15 is 0 Å². The third-order valence-corrected chi connectivity index (χ3v) is 7.04. The van der Waals surface area contributed by atoms with Gasteiger partial charge in [-0.2, -0.15) is 0 Å². The summed E-state index contributed by atoms with van der Waals surface area (Å²) in [5, 5.41) is 5.39. The van der Waals surface area contributed by atoms with Crippen molar-refractivity contribution in [3.8, 4) is 17.0 Å². The van der Waals surface area contributed by atoms with E-state index in [2.05, 4.69) is 26.3 Å². The average Bonchev–Trinajstić information content (AvgIpc) is 3.24. The Bertz CT molecular complexity index is 1370. The molecule has 0 spiro atoms. The first kappa shape index (κ1) is 22.3. The molecule has 9 heteroatoms. The number of nitrogens with zero attached hydrogens (tertiary/aromatic N) is 4. The van der Waals surface area contributed by atoms with E-state index in [9.17, 15) is 8.78 Å². The first-order valence-corrected chi connectivity index (χ1v) is 11.9. The molecule has 0 bridgehead atoms. The molecule has 4 aromatic rings. The predicted octanol–water partition coefficient (Wildman–Crippen LogP) is 6.05. The Labute approximate surface area is 200 Å². The molecular weight excluding hydrogens is 456 g/mol. The molecule has 0 fully saturated rings. The summed E-state index contributed by atoms with van der Waals surface area (Å²) in [4.78, 5) is 12.6. The lowest BCUT2D eigenvalue weighted by molar-refractivity contribution is 0.287. The van der Waals surface area contributed by atoms with Gasteiger partial charge in [-0.15, -0.1) is 11.3 Å². The number of hydrogen-bond acceptors (Lipinski definition) is 7. The topological polar surface area (TPSA) is 53.5 Å². The van der Waals surface area contributed by atoms with E-state index in [4.69, 9.17) is 4.74 Å². The second kappa shape index (κ2) is 8.72. The maximum absolute atomic E-state index is 14.9. The lowest BCUT2D eigenvalue weighted by Gasteiger charge is -2.34. The molecule has 0 amide bonds. The molecule has 6 nitrogen and oxygen atoms in total. The maximum atomic E-state index is 14.9. The molecule has 2 aromatic carbocycles. The van der Waals surface area contributed by atoms with Crippen LogP contribution in [0.5, 0.6) is 5.75 Å². The van der Waals surface area contributed by atoms with Gasteiger partial charge >= 0.3 is 0 Å². The van der Waals surface area contributed by atoms with Crippen LogP contribution >= 0.6 is 11.3 Å². The molecule has 5 rings (SSSR count). The van der Waals surface area contributed by atoms with Gasteiger partial charge in [-0.25, -0.2) is 18.7 Å². The van der Waals surface area contributed by atoms with Crippen molar-refractivity contribution in [2.75, 3.05) is 42.4 Å². The van der Waals surface area contributed by atoms with E-state index in [0.717, 1.165) is 27.0 Å². The smallest absolute Gasteiger partial charge is 0.227 e. The lowest BCUT2D eigenvalue weighted by Crippen LogP contribution is -2.38. The van der Waals surface area contributed by atoms with Crippen LogP contribution in [0.15, 0.2) is 42.6 Å². The normalized spacial score (nSPS) is 13.2. The van der Waals surface area contributed by atoms with Gasteiger partial charge in [0.05, 0.1) is 23.4 Å². The largest absolute Gasteiger partial charge is 0.486 e. The summed E-state index contributed by atoms with van der Waals surface area (Å²) in [6, 6.07) is 11.2. The molecule has 0 radical (unpaired) electrons. The average molecular weight is 482 g/mol. The molecule has 0 unspecified atom stereocenters. The van der Waals surface area contributed by atoms with Crippen LogP contribution in [0.4, 0.5) is 31.1 Å². The summed E-state index contributed by atoms with van der Waals surface area (Å²) in [6.45, 7) is 5.09. The van der Waals surface area contributed by atoms with Crippen LogP contribution in [0, 0.1) is 11.6 Å². The highest BCUT2D eigenvalue weighted by atomic mass is 32.1. The molecule has 176 valence electrons. The van der Waals surface area contributed by atoms with Crippen molar-refractivity contribution in [1.82, 2.24) is 9.97 Å². The highest BCUT2D eigenvalue weighted by Crippen LogP contribution is 2.39. The highest BCUT2D eigenvalue weighted by Gasteiger charge is 2.25. The van der Waals surface area contributed by atoms with E-state index in [1.54, 1.807) is 17.4 Å². The fourth-order valence-corrected chi connectivity index (χ4v) is 5.03. The maximum Gasteiger partial charge on any atom is 0.227 e. The van der Waals surface area contributed by atoms with Gasteiger partial charge in [-0.1, -0.05) is 0 Å². The first-order valence-electron chi connectivity index (χ1n) is 11.0. The number of aromatic nitrogens is 2. The van der Waals surface area contributed by atoms with Crippen molar-refractivity contribution in [3.63, 3.8) is 0 Å². The number of ether oxygens (including phenoxy) is 1. The third-order valence-electron chi connectivity index (χ3n) is 5.75. The number of thiophene rings is 1. The molecule has 1 aliphatic heterocycles. The number of hydrogen-bond donors (Lipinski definition) is 1. The van der Waals surface area contributed by atoms with Gasteiger partial charge in [0.15, 0.2) is 17.4 Å². The Hall–Kier alpha value is -3.46. The quantitative estimate of drug-likeness (QED) is 0.374. The van der Waals surface area contributed by atoms with Gasteiger partial charge in [0, 0.05) is 36.1 Å². The Morgan fingerprint density at radius 2 is 1.94 bits per heavy atom. The van der Waals surface area contributed by atoms with Crippen LogP contribution in [0.25, 0.3) is 21.3 Å². The number of benzene rings is 2. The summed E-state index contributed by atoms with van der Waals surface area (Å²) in [5.41, 5.74) is 1.74. The van der Waals surface area contributed by atoms with Gasteiger partial charge < -0.3 is 19.9 Å². The second-order valence-corrected chi connectivity index (χ2v) is 9.75. The van der Waals surface area contributed by atoms with Crippen molar-refractivity contribution in [3.05, 3.63) is 54.2 Å². The van der Waals surface area contributed by atoms with Gasteiger partial charge in [-0.05, 0) is 55.6 Å². The minimum absolute atomic E-state index is 0.0278. The van der Waals surface area contributed by atoms with Crippen molar-refractivity contribution >= 4 is 43.7 Å². The molecule has 1 aliphatic rings. The van der Waals surface area contributed by atoms with E-state index in [0.29, 0.717) is 24.4 Å². The Morgan fingerprint density at radius 3 is 2.71 bits per heavy atom. The van der Waals surface area contributed by atoms with Crippen LogP contribution in [0.1, 0.15) is 13.8 Å². The SMILES string of the molecule is CC(C)N1CCOc2c(F)cc(-c3nc(Nc4ccc5sc(N(C)C)cc5c4)ncc3F)cc21. The lowest BCUT2D eigenvalue weighted by atomic mass is 10.1. The summed E-state index contributed by atoms with van der Waals surface area (Å²) >= 11 is 1.70. The minimum atomic E-state index is -0.623. The summed E-state index contributed by atoms with van der Waals surface area (Å²) in [6.07, 6.45) is 1.10. The zero-order chi connectivity index (χ0) is 24.0. The monoisotopic (exact) mass is 481 g/mol. The van der Waals surface area contributed by atoms with Crippen LogP contribution in [0.3, 0.4) is 0 Å². The van der Waals surface area contributed by atoms with Crippen LogP contribution in [-0.4, -0.2) is 43.3 Å². The zero-order valence-corrected chi connectivity index (χ0v) is 20.2. The molecule has 0 atom stereocenters. The van der Waals surface area contributed by atoms with E-state index in [-0.39, 0.29) is 23.4 Å². The van der Waals surface area contributed by atoms with Crippen molar-refractivity contribution in [2.24, 2.45) is 0 Å². The molecule has 1 N–H and O–H groups in total. The molecule has 0 saturated heterocycles. The molecule has 34 heavy (non-hydrogen) atoms. The Morgan fingerprint density at radius 1 is 1.12 bits per heavy atom. The molecule has 0 saturated carbocycles. The van der Waals surface area contributed by atoms with Crippen molar-refractivity contribution in [1.29, 1.82) is 0 Å². The van der Waals surface area contributed by atoms with Gasteiger partial charge in [0.2, 0.25) is 5.95 Å². The number of fused-ring (bicyclic) bond motifs is 2. The zero-order valence-electron chi connectivity index (χ0n) is 19.4. The predicted molar refractivity (Wildman–Crippen MR) is 135 cm³/mol. The first-order chi connectivity index (χ1) is 16.3. The highest BCUT2D eigenvalue weighted by molar-refractivity contribution is 7.22. The van der Waals surface area contributed by atoms with Gasteiger partial charge in [0.25, 0.3) is 0 Å². The summed E-state index contributed by atoms with van der Waals surface area (Å²) in [7, 11) is 4.02. The number of anilines is 4. The molecular formula is C25H25F2N5OS. The standard InChI is InChI=1S/C25H25F2N5OS/c1-14(2)32-7-8-33-24-18(26)10-16(11-20(24)32)23-19(27)13-28-25(30-23)29-17-5-6-21-15(9-17)12-22(34-21)31(3)4/h5-6,9-14H,7-8H2,1-4H3,(H,28,29,30). The van der Waals surface area contributed by atoms with E-state index in [1.165, 1.54) is 6.07 Å². The summed E-state index contributed by atoms with van der Waals surface area (Å²) in [5.74, 6) is -0.738. The number of halogens is 2. The minimum Gasteiger partial charge on any atom is -0.486 e. The van der Waals surface area contributed by atoms with Gasteiger partial charge in [0.1, 0.15) is 12.3 Å². The van der Waals surface area contributed by atoms with Crippen LogP contribution in [0.2, 0.25) is 0 Å². The second-order valence-electron chi connectivity index (χ2n) is 8.69. The molecule has 3 heterocycles. The van der Waals surface area contributed by atoms with Crippen LogP contribution in [-0.2, 0) is 0 Å². The number of rotatable bonds is 5. The number of nitrogens with one attached hydrogen (secondary N) is 1. The fourth-order valence-electron chi connectivity index (χ4n) is 4.06. The van der Waals surface area contributed by atoms with Crippen LogP contribution < -0.4 is 19.9 Å². The van der Waals surface area contributed by atoms with Crippen molar-refractivity contribution < 1.29 is 13.5 Å². The Balaban J connectivity index is 1.50.